The first-order valence-electron chi connectivity index (χ1n) is 7.45. The third kappa shape index (κ3) is 2.13. The number of halogens is 1. The second-order valence-electron chi connectivity index (χ2n) is 5.73. The summed E-state index contributed by atoms with van der Waals surface area (Å²) in [5.74, 6) is 0.0640. The highest BCUT2D eigenvalue weighted by atomic mass is 35.5. The summed E-state index contributed by atoms with van der Waals surface area (Å²) < 4.78 is 0. The van der Waals surface area contributed by atoms with Crippen LogP contribution in [0.1, 0.15) is 31.7 Å². The molecule has 0 radical (unpaired) electrons. The Morgan fingerprint density at radius 1 is 1.29 bits per heavy atom. The van der Waals surface area contributed by atoms with E-state index >= 15 is 0 Å². The van der Waals surface area contributed by atoms with E-state index in [1.54, 1.807) is 15.9 Å². The number of carbonyl (C=O) groups is 2. The fourth-order valence-electron chi connectivity index (χ4n) is 3.45. The zero-order valence-corrected chi connectivity index (χ0v) is 13.1. The first-order valence-corrected chi connectivity index (χ1v) is 7.82. The van der Waals surface area contributed by atoms with Crippen molar-refractivity contribution < 1.29 is 9.59 Å². The van der Waals surface area contributed by atoms with Gasteiger partial charge in [-0.25, -0.2) is 0 Å². The fourth-order valence-corrected chi connectivity index (χ4v) is 3.77. The van der Waals surface area contributed by atoms with Crippen molar-refractivity contribution in [3.05, 3.63) is 28.8 Å². The average molecular weight is 307 g/mol. The van der Waals surface area contributed by atoms with E-state index in [2.05, 4.69) is 0 Å². The number of anilines is 1. The summed E-state index contributed by atoms with van der Waals surface area (Å²) >= 11 is 6.32. The number of carbonyl (C=O) groups excluding carboxylic acids is 2. The first-order chi connectivity index (χ1) is 10.1. The van der Waals surface area contributed by atoms with E-state index in [1.807, 2.05) is 26.0 Å². The molecule has 2 atom stereocenters. The lowest BCUT2D eigenvalue weighted by atomic mass is 10.0. The van der Waals surface area contributed by atoms with Crippen LogP contribution in [0.25, 0.3) is 0 Å². The van der Waals surface area contributed by atoms with Gasteiger partial charge in [0.05, 0.1) is 10.7 Å². The van der Waals surface area contributed by atoms with Gasteiger partial charge in [-0.05, 0) is 37.8 Å². The molecular weight excluding hydrogens is 288 g/mol. The van der Waals surface area contributed by atoms with E-state index in [1.165, 1.54) is 0 Å². The minimum absolute atomic E-state index is 0.00940. The standard InChI is InChI=1S/C16H19ClN2O2/c1-3-12-15(20)18-9-5-8-13(18)16(21)19(12)14-10(2)6-4-7-11(14)17/h4,6-7,12-13H,3,5,8-9H2,1-2H3. The minimum atomic E-state index is -0.439. The van der Waals surface area contributed by atoms with Crippen LogP contribution >= 0.6 is 11.6 Å². The number of amides is 2. The van der Waals surface area contributed by atoms with Gasteiger partial charge >= 0.3 is 0 Å². The Hall–Kier alpha value is -1.55. The molecule has 2 amide bonds. The van der Waals surface area contributed by atoms with E-state index in [4.69, 9.17) is 11.6 Å². The number of piperazine rings is 1. The van der Waals surface area contributed by atoms with Gasteiger partial charge in [-0.1, -0.05) is 30.7 Å². The molecule has 0 aliphatic carbocycles. The van der Waals surface area contributed by atoms with Gasteiger partial charge in [-0.2, -0.15) is 0 Å². The Bertz CT molecular complexity index is 582. The predicted molar refractivity (Wildman–Crippen MR) is 82.5 cm³/mol. The Morgan fingerprint density at radius 2 is 2.05 bits per heavy atom. The molecule has 112 valence electrons. The molecule has 0 N–H and O–H groups in total. The Balaban J connectivity index is 2.10. The van der Waals surface area contributed by atoms with Crippen molar-refractivity contribution in [3.63, 3.8) is 0 Å². The fraction of sp³-hybridized carbons (Fsp3) is 0.500. The van der Waals surface area contributed by atoms with Gasteiger partial charge in [0.2, 0.25) is 5.91 Å². The van der Waals surface area contributed by atoms with E-state index < -0.39 is 6.04 Å². The lowest BCUT2D eigenvalue weighted by Crippen LogP contribution is -2.63. The second kappa shape index (κ2) is 5.34. The monoisotopic (exact) mass is 306 g/mol. The largest absolute Gasteiger partial charge is 0.329 e. The third-order valence-corrected chi connectivity index (χ3v) is 4.78. The van der Waals surface area contributed by atoms with Crippen LogP contribution in [0.3, 0.4) is 0 Å². The number of fused-ring (bicyclic) bond motifs is 1. The summed E-state index contributed by atoms with van der Waals surface area (Å²) in [6, 6.07) is 4.81. The molecule has 4 nitrogen and oxygen atoms in total. The first kappa shape index (κ1) is 14.4. The Kier molecular flexibility index (Phi) is 3.66. The van der Waals surface area contributed by atoms with Crippen molar-refractivity contribution >= 4 is 29.1 Å². The van der Waals surface area contributed by atoms with Crippen molar-refractivity contribution in [2.75, 3.05) is 11.4 Å². The van der Waals surface area contributed by atoms with Crippen LogP contribution in [0.15, 0.2) is 18.2 Å². The highest BCUT2D eigenvalue weighted by Crippen LogP contribution is 2.37. The van der Waals surface area contributed by atoms with Crippen molar-refractivity contribution in [2.45, 2.75) is 45.2 Å². The van der Waals surface area contributed by atoms with Crippen molar-refractivity contribution in [2.24, 2.45) is 0 Å². The molecule has 0 aromatic heterocycles. The van der Waals surface area contributed by atoms with Crippen LogP contribution in [0.5, 0.6) is 0 Å². The predicted octanol–water partition coefficient (Wildman–Crippen LogP) is 2.76. The van der Waals surface area contributed by atoms with Gasteiger partial charge in [-0.15, -0.1) is 0 Å². The molecule has 2 heterocycles. The molecule has 1 aromatic rings. The van der Waals surface area contributed by atoms with E-state index in [9.17, 15) is 9.59 Å². The summed E-state index contributed by atoms with van der Waals surface area (Å²) in [7, 11) is 0. The smallest absolute Gasteiger partial charge is 0.250 e. The highest BCUT2D eigenvalue weighted by Gasteiger charge is 2.48. The van der Waals surface area contributed by atoms with E-state index in [-0.39, 0.29) is 17.9 Å². The number of para-hydroxylation sites is 1. The van der Waals surface area contributed by atoms with Crippen LogP contribution in [-0.4, -0.2) is 35.3 Å². The van der Waals surface area contributed by atoms with Crippen LogP contribution < -0.4 is 4.90 Å². The van der Waals surface area contributed by atoms with Crippen LogP contribution in [-0.2, 0) is 9.59 Å². The molecule has 2 aliphatic rings. The van der Waals surface area contributed by atoms with Gasteiger partial charge in [0, 0.05) is 6.54 Å². The average Bonchev–Trinajstić information content (AvgIpc) is 2.94. The molecule has 21 heavy (non-hydrogen) atoms. The molecule has 2 unspecified atom stereocenters. The van der Waals surface area contributed by atoms with Gasteiger partial charge in [0.1, 0.15) is 12.1 Å². The summed E-state index contributed by atoms with van der Waals surface area (Å²) in [5.41, 5.74) is 1.62. The second-order valence-corrected chi connectivity index (χ2v) is 6.13. The lowest BCUT2D eigenvalue weighted by Gasteiger charge is -2.42. The zero-order valence-electron chi connectivity index (χ0n) is 12.3. The molecule has 1 aromatic carbocycles. The maximum atomic E-state index is 12.9. The molecule has 0 saturated carbocycles. The van der Waals surface area contributed by atoms with Gasteiger partial charge < -0.3 is 4.90 Å². The Labute approximate surface area is 129 Å². The summed E-state index contributed by atoms with van der Waals surface area (Å²) in [6.45, 7) is 4.55. The number of hydrogen-bond donors (Lipinski definition) is 0. The normalized spacial score (nSPS) is 25.5. The summed E-state index contributed by atoms with van der Waals surface area (Å²) in [4.78, 5) is 29.0. The molecular formula is C16H19ClN2O2. The molecule has 2 aliphatic heterocycles. The summed E-state index contributed by atoms with van der Waals surface area (Å²) in [5, 5.41) is 0.529. The lowest BCUT2D eigenvalue weighted by molar-refractivity contribution is -0.144. The van der Waals surface area contributed by atoms with E-state index in [0.29, 0.717) is 23.7 Å². The third-order valence-electron chi connectivity index (χ3n) is 4.47. The van der Waals surface area contributed by atoms with Gasteiger partial charge in [0.15, 0.2) is 0 Å². The van der Waals surface area contributed by atoms with Gasteiger partial charge in [0.25, 0.3) is 5.91 Å². The number of hydrogen-bond acceptors (Lipinski definition) is 2. The van der Waals surface area contributed by atoms with Crippen LogP contribution in [0, 0.1) is 6.92 Å². The number of nitrogens with zero attached hydrogens (tertiary/aromatic N) is 2. The molecule has 5 heteroatoms. The highest BCUT2D eigenvalue weighted by molar-refractivity contribution is 6.34. The minimum Gasteiger partial charge on any atom is -0.329 e. The topological polar surface area (TPSA) is 40.6 Å². The number of benzene rings is 1. The maximum absolute atomic E-state index is 12.9. The zero-order chi connectivity index (χ0) is 15.1. The molecule has 0 bridgehead atoms. The molecule has 2 saturated heterocycles. The van der Waals surface area contributed by atoms with Crippen molar-refractivity contribution in [3.8, 4) is 0 Å². The van der Waals surface area contributed by atoms with Gasteiger partial charge in [-0.3, -0.25) is 14.5 Å². The maximum Gasteiger partial charge on any atom is 0.250 e. The van der Waals surface area contributed by atoms with E-state index in [0.717, 1.165) is 18.4 Å². The number of rotatable bonds is 2. The van der Waals surface area contributed by atoms with Crippen LogP contribution in [0.2, 0.25) is 5.02 Å². The SMILES string of the molecule is CCC1C(=O)N2CCCC2C(=O)N1c1c(C)cccc1Cl. The molecule has 0 spiro atoms. The molecule has 3 rings (SSSR count). The van der Waals surface area contributed by atoms with Crippen LogP contribution in [0.4, 0.5) is 5.69 Å². The molecule has 2 fully saturated rings. The van der Waals surface area contributed by atoms with Crippen molar-refractivity contribution in [1.82, 2.24) is 4.90 Å². The summed E-state index contributed by atoms with van der Waals surface area (Å²) in [6.07, 6.45) is 2.24. The van der Waals surface area contributed by atoms with Crippen molar-refractivity contribution in [1.29, 1.82) is 0 Å². The quantitative estimate of drug-likeness (QED) is 0.843. The Morgan fingerprint density at radius 3 is 2.71 bits per heavy atom. The number of aryl methyl sites for hydroxylation is 1.